The molecule has 0 aliphatic carbocycles. The van der Waals surface area contributed by atoms with Crippen LogP contribution in [0.1, 0.15) is 18.1 Å². The molecule has 1 heterocycles. The first kappa shape index (κ1) is 8.70. The number of hydrogen-bond donors (Lipinski definition) is 0. The Hall–Kier alpha value is -0.890. The van der Waals surface area contributed by atoms with Gasteiger partial charge in [-0.3, -0.25) is 0 Å². The van der Waals surface area contributed by atoms with E-state index in [1.807, 2.05) is 13.0 Å². The van der Waals surface area contributed by atoms with Crippen molar-refractivity contribution in [2.45, 2.75) is 20.3 Å². The van der Waals surface area contributed by atoms with Crippen LogP contribution < -0.4 is 0 Å². The lowest BCUT2D eigenvalue weighted by atomic mass is 10.1. The molecule has 1 aromatic heterocycles. The second-order valence-electron chi connectivity index (χ2n) is 3.16. The van der Waals surface area contributed by atoms with Crippen molar-refractivity contribution in [3.8, 4) is 0 Å². The molecule has 13 heavy (non-hydrogen) atoms. The van der Waals surface area contributed by atoms with Crippen LogP contribution in [0.25, 0.3) is 10.1 Å². The summed E-state index contributed by atoms with van der Waals surface area (Å²) >= 11 is 1.69. The van der Waals surface area contributed by atoms with Crippen molar-refractivity contribution in [2.75, 3.05) is 0 Å². The highest BCUT2D eigenvalue weighted by molar-refractivity contribution is 7.17. The lowest BCUT2D eigenvalue weighted by Crippen LogP contribution is -1.84. The van der Waals surface area contributed by atoms with Gasteiger partial charge in [0.05, 0.1) is 0 Å². The molecule has 0 amide bonds. The lowest BCUT2D eigenvalue weighted by molar-refractivity contribution is 0.621. The van der Waals surface area contributed by atoms with Crippen molar-refractivity contribution < 1.29 is 4.39 Å². The van der Waals surface area contributed by atoms with E-state index in [1.165, 1.54) is 10.3 Å². The van der Waals surface area contributed by atoms with E-state index in [2.05, 4.69) is 12.3 Å². The van der Waals surface area contributed by atoms with Gasteiger partial charge in [-0.25, -0.2) is 4.39 Å². The molecule has 0 fully saturated rings. The van der Waals surface area contributed by atoms with Crippen LogP contribution in [0.15, 0.2) is 17.5 Å². The molecular weight excluding hydrogens is 183 g/mol. The average Bonchev–Trinajstić information content (AvgIpc) is 2.55. The van der Waals surface area contributed by atoms with Gasteiger partial charge in [0, 0.05) is 10.1 Å². The molecule has 0 saturated carbocycles. The molecule has 2 rings (SSSR count). The van der Waals surface area contributed by atoms with Crippen LogP contribution in [0.5, 0.6) is 0 Å². The Balaban J connectivity index is 2.85. The van der Waals surface area contributed by atoms with E-state index in [1.54, 1.807) is 17.4 Å². The van der Waals surface area contributed by atoms with Crippen LogP contribution in [0.3, 0.4) is 0 Å². The maximum Gasteiger partial charge on any atom is 0.126 e. The summed E-state index contributed by atoms with van der Waals surface area (Å²) < 4.78 is 14.4. The molecular formula is C11H11FS. The summed E-state index contributed by atoms with van der Waals surface area (Å²) in [5.41, 5.74) is 2.05. The van der Waals surface area contributed by atoms with Crippen molar-refractivity contribution in [2.24, 2.45) is 0 Å². The molecule has 1 aromatic carbocycles. The Bertz CT molecular complexity index is 443. The van der Waals surface area contributed by atoms with Crippen LogP contribution in [-0.4, -0.2) is 0 Å². The lowest BCUT2D eigenvalue weighted by Gasteiger charge is -2.00. The Morgan fingerprint density at radius 3 is 2.85 bits per heavy atom. The van der Waals surface area contributed by atoms with Crippen LogP contribution in [0.2, 0.25) is 0 Å². The predicted molar refractivity (Wildman–Crippen MR) is 55.9 cm³/mol. The number of halogens is 1. The van der Waals surface area contributed by atoms with E-state index < -0.39 is 0 Å². The third-order valence-electron chi connectivity index (χ3n) is 2.39. The molecule has 0 nitrogen and oxygen atoms in total. The molecule has 0 radical (unpaired) electrons. The van der Waals surface area contributed by atoms with E-state index in [0.29, 0.717) is 0 Å². The summed E-state index contributed by atoms with van der Waals surface area (Å²) in [4.78, 5) is 0. The molecule has 0 N–H and O–H groups in total. The first-order chi connectivity index (χ1) is 6.24. The van der Waals surface area contributed by atoms with Gasteiger partial charge < -0.3 is 0 Å². The van der Waals surface area contributed by atoms with Gasteiger partial charge in [0.15, 0.2) is 0 Å². The van der Waals surface area contributed by atoms with Crippen LogP contribution in [0.4, 0.5) is 4.39 Å². The summed E-state index contributed by atoms with van der Waals surface area (Å²) in [6.07, 6.45) is 0.976. The summed E-state index contributed by atoms with van der Waals surface area (Å²) in [5.74, 6) is -0.0967. The Morgan fingerprint density at radius 1 is 1.38 bits per heavy atom. The fourth-order valence-corrected chi connectivity index (χ4v) is 2.71. The minimum absolute atomic E-state index is 0.0967. The minimum atomic E-state index is -0.0967. The highest BCUT2D eigenvalue weighted by Crippen LogP contribution is 2.30. The van der Waals surface area contributed by atoms with Crippen LogP contribution in [-0.2, 0) is 6.42 Å². The second kappa shape index (κ2) is 3.11. The number of hydrogen-bond acceptors (Lipinski definition) is 1. The number of rotatable bonds is 1. The Kier molecular flexibility index (Phi) is 2.08. The van der Waals surface area contributed by atoms with E-state index in [-0.39, 0.29) is 5.82 Å². The van der Waals surface area contributed by atoms with Gasteiger partial charge in [-0.2, -0.15) is 0 Å². The predicted octanol–water partition coefficient (Wildman–Crippen LogP) is 3.91. The van der Waals surface area contributed by atoms with Gasteiger partial charge in [0.25, 0.3) is 0 Å². The molecule has 68 valence electrons. The normalized spacial score (nSPS) is 11.0. The number of fused-ring (bicyclic) bond motifs is 1. The van der Waals surface area contributed by atoms with E-state index in [9.17, 15) is 4.39 Å². The summed E-state index contributed by atoms with van der Waals surface area (Å²) in [7, 11) is 0. The van der Waals surface area contributed by atoms with Gasteiger partial charge >= 0.3 is 0 Å². The van der Waals surface area contributed by atoms with Gasteiger partial charge in [-0.05, 0) is 42.0 Å². The van der Waals surface area contributed by atoms with Crippen molar-refractivity contribution in [3.05, 3.63) is 34.5 Å². The van der Waals surface area contributed by atoms with Crippen LogP contribution >= 0.6 is 11.3 Å². The summed E-state index contributed by atoms with van der Waals surface area (Å²) in [6.45, 7) is 3.95. The molecule has 2 aromatic rings. The smallest absolute Gasteiger partial charge is 0.126 e. The zero-order valence-electron chi connectivity index (χ0n) is 7.73. The van der Waals surface area contributed by atoms with Crippen molar-refractivity contribution in [1.82, 2.24) is 0 Å². The Morgan fingerprint density at radius 2 is 2.15 bits per heavy atom. The molecule has 0 atom stereocenters. The highest BCUT2D eigenvalue weighted by atomic mass is 32.1. The van der Waals surface area contributed by atoms with E-state index >= 15 is 0 Å². The van der Waals surface area contributed by atoms with Crippen molar-refractivity contribution >= 4 is 21.4 Å². The fraction of sp³-hybridized carbons (Fsp3) is 0.273. The monoisotopic (exact) mass is 194 g/mol. The first-order valence-electron chi connectivity index (χ1n) is 4.39. The third-order valence-corrected chi connectivity index (χ3v) is 3.39. The highest BCUT2D eigenvalue weighted by Gasteiger charge is 2.08. The number of benzene rings is 1. The van der Waals surface area contributed by atoms with E-state index in [0.717, 1.165) is 17.4 Å². The van der Waals surface area contributed by atoms with Crippen molar-refractivity contribution in [3.63, 3.8) is 0 Å². The topological polar surface area (TPSA) is 0 Å². The maximum absolute atomic E-state index is 13.2. The quantitative estimate of drug-likeness (QED) is 0.645. The maximum atomic E-state index is 13.2. The zero-order valence-corrected chi connectivity index (χ0v) is 8.54. The molecule has 0 unspecified atom stereocenters. The van der Waals surface area contributed by atoms with Crippen molar-refractivity contribution in [1.29, 1.82) is 0 Å². The molecule has 0 aliphatic heterocycles. The third kappa shape index (κ3) is 1.25. The Labute approximate surface area is 81.0 Å². The SMILES string of the molecule is CCc1csc2ccc(F)c(C)c12. The van der Waals surface area contributed by atoms with Gasteiger partial charge in [-0.1, -0.05) is 6.92 Å². The summed E-state index contributed by atoms with van der Waals surface area (Å²) in [5, 5.41) is 3.24. The minimum Gasteiger partial charge on any atom is -0.207 e. The van der Waals surface area contributed by atoms with Crippen LogP contribution in [0, 0.1) is 12.7 Å². The summed E-state index contributed by atoms with van der Waals surface area (Å²) in [6, 6.07) is 3.41. The molecule has 0 bridgehead atoms. The largest absolute Gasteiger partial charge is 0.207 e. The van der Waals surface area contributed by atoms with Gasteiger partial charge in [-0.15, -0.1) is 11.3 Å². The average molecular weight is 194 g/mol. The first-order valence-corrected chi connectivity index (χ1v) is 5.27. The molecule has 0 saturated heterocycles. The molecule has 0 aliphatic rings. The fourth-order valence-electron chi connectivity index (χ4n) is 1.61. The van der Waals surface area contributed by atoms with E-state index in [4.69, 9.17) is 0 Å². The van der Waals surface area contributed by atoms with Gasteiger partial charge in [0.1, 0.15) is 5.82 Å². The van der Waals surface area contributed by atoms with Gasteiger partial charge in [0.2, 0.25) is 0 Å². The second-order valence-corrected chi connectivity index (χ2v) is 4.07. The number of thiophene rings is 1. The zero-order chi connectivity index (χ0) is 9.42. The molecule has 2 heteroatoms. The molecule has 0 spiro atoms. The standard InChI is InChI=1S/C11H11FS/c1-3-8-6-13-10-5-4-9(12)7(2)11(8)10/h4-6H,3H2,1-2H3. The number of aryl methyl sites for hydroxylation is 2.